The Bertz CT molecular complexity index is 889. The number of carbonyl (C=O) groups excluding carboxylic acids is 3. The number of carboxylic acids is 2. The molecule has 1 aromatic carbocycles. The number of nitrogens with two attached hydrogens (primary N) is 1. The van der Waals surface area contributed by atoms with Crippen LogP contribution < -0.4 is 21.7 Å². The van der Waals surface area contributed by atoms with Gasteiger partial charge in [-0.05, 0) is 38.0 Å². The van der Waals surface area contributed by atoms with Gasteiger partial charge in [0.05, 0.1) is 6.10 Å². The Labute approximate surface area is 195 Å². The first-order chi connectivity index (χ1) is 15.8. The lowest BCUT2D eigenvalue weighted by Crippen LogP contribution is -2.57. The van der Waals surface area contributed by atoms with Crippen molar-refractivity contribution in [3.05, 3.63) is 29.8 Å². The topological polar surface area (TPSA) is 228 Å². The van der Waals surface area contributed by atoms with Crippen molar-refractivity contribution in [3.8, 4) is 5.75 Å². The molecule has 188 valence electrons. The van der Waals surface area contributed by atoms with Gasteiger partial charge in [-0.2, -0.15) is 0 Å². The summed E-state index contributed by atoms with van der Waals surface area (Å²) in [5.41, 5.74) is 6.00. The molecule has 0 heterocycles. The average molecular weight is 482 g/mol. The number of aliphatic carboxylic acids is 2. The summed E-state index contributed by atoms with van der Waals surface area (Å²) in [6.07, 6.45) is -2.15. The van der Waals surface area contributed by atoms with E-state index in [0.717, 1.165) is 0 Å². The fraction of sp³-hybridized carbons (Fsp3) is 0.476. The molecule has 0 aliphatic carbocycles. The van der Waals surface area contributed by atoms with Gasteiger partial charge >= 0.3 is 11.9 Å². The Balaban J connectivity index is 2.90. The number of carboxylic acid groups (broad SMARTS) is 2. The van der Waals surface area contributed by atoms with Crippen molar-refractivity contribution in [3.63, 3.8) is 0 Å². The van der Waals surface area contributed by atoms with E-state index in [1.807, 2.05) is 0 Å². The zero-order chi connectivity index (χ0) is 26.0. The summed E-state index contributed by atoms with van der Waals surface area (Å²) in [5.74, 6) is -5.22. The molecule has 1 rings (SSSR count). The number of hydrogen-bond acceptors (Lipinski definition) is 8. The number of benzene rings is 1. The molecule has 0 radical (unpaired) electrons. The SMILES string of the molecule is CC(NC(=O)C(N)C(C)O)C(=O)NC(CCC(=O)O)C(=O)NC(Cc1ccc(O)cc1)C(=O)O. The Hall–Kier alpha value is -3.71. The minimum absolute atomic E-state index is 0.0216. The van der Waals surface area contributed by atoms with E-state index >= 15 is 0 Å². The number of hydrogen-bond donors (Lipinski definition) is 8. The fourth-order valence-electron chi connectivity index (χ4n) is 2.77. The number of amides is 3. The molecule has 0 spiro atoms. The van der Waals surface area contributed by atoms with Crippen LogP contribution in [0.25, 0.3) is 0 Å². The van der Waals surface area contributed by atoms with Crippen LogP contribution in [0.5, 0.6) is 5.75 Å². The third-order valence-electron chi connectivity index (χ3n) is 4.85. The maximum atomic E-state index is 12.7. The highest BCUT2D eigenvalue weighted by Gasteiger charge is 2.29. The molecular weight excluding hydrogens is 452 g/mol. The van der Waals surface area contributed by atoms with Crippen LogP contribution in [-0.4, -0.2) is 80.4 Å². The molecule has 0 bridgehead atoms. The fourth-order valence-corrected chi connectivity index (χ4v) is 2.77. The summed E-state index contributed by atoms with van der Waals surface area (Å²) in [7, 11) is 0. The van der Waals surface area contributed by atoms with Crippen LogP contribution in [0.1, 0.15) is 32.3 Å². The van der Waals surface area contributed by atoms with Crippen molar-refractivity contribution < 1.29 is 44.4 Å². The second-order valence-corrected chi connectivity index (χ2v) is 7.76. The summed E-state index contributed by atoms with van der Waals surface area (Å²) in [6.45, 7) is 2.58. The van der Waals surface area contributed by atoms with Gasteiger partial charge < -0.3 is 42.1 Å². The first kappa shape index (κ1) is 28.3. The maximum Gasteiger partial charge on any atom is 0.326 e. The molecule has 0 fully saturated rings. The van der Waals surface area contributed by atoms with Crippen molar-refractivity contribution in [2.45, 2.75) is 63.4 Å². The molecule has 9 N–H and O–H groups in total. The monoisotopic (exact) mass is 482 g/mol. The quantitative estimate of drug-likeness (QED) is 0.155. The van der Waals surface area contributed by atoms with Gasteiger partial charge in [-0.25, -0.2) is 4.79 Å². The first-order valence-electron chi connectivity index (χ1n) is 10.4. The number of rotatable bonds is 13. The van der Waals surface area contributed by atoms with E-state index in [2.05, 4.69) is 16.0 Å². The van der Waals surface area contributed by atoms with E-state index in [-0.39, 0.29) is 18.6 Å². The highest BCUT2D eigenvalue weighted by Crippen LogP contribution is 2.12. The molecule has 0 saturated heterocycles. The van der Waals surface area contributed by atoms with Gasteiger partial charge in [-0.1, -0.05) is 12.1 Å². The molecule has 13 heteroatoms. The predicted octanol–water partition coefficient (Wildman–Crippen LogP) is -1.93. The van der Waals surface area contributed by atoms with Crippen LogP contribution in [0.2, 0.25) is 0 Å². The second-order valence-electron chi connectivity index (χ2n) is 7.76. The molecule has 0 aliphatic heterocycles. The number of aromatic hydroxyl groups is 1. The van der Waals surface area contributed by atoms with Crippen molar-refractivity contribution in [1.82, 2.24) is 16.0 Å². The highest BCUT2D eigenvalue weighted by molar-refractivity contribution is 5.94. The van der Waals surface area contributed by atoms with Gasteiger partial charge in [-0.3, -0.25) is 19.2 Å². The molecular formula is C21H30N4O9. The number of phenolic OH excluding ortho intramolecular Hbond substituents is 1. The van der Waals surface area contributed by atoms with E-state index in [1.165, 1.54) is 38.1 Å². The van der Waals surface area contributed by atoms with Crippen molar-refractivity contribution in [1.29, 1.82) is 0 Å². The molecule has 0 aliphatic rings. The molecule has 34 heavy (non-hydrogen) atoms. The van der Waals surface area contributed by atoms with Gasteiger partial charge in [-0.15, -0.1) is 0 Å². The highest BCUT2D eigenvalue weighted by atomic mass is 16.4. The van der Waals surface area contributed by atoms with E-state index in [4.69, 9.17) is 10.8 Å². The Morgan fingerprint density at radius 2 is 1.44 bits per heavy atom. The zero-order valence-corrected chi connectivity index (χ0v) is 18.7. The normalized spacial score (nSPS) is 15.2. The third-order valence-corrected chi connectivity index (χ3v) is 4.85. The van der Waals surface area contributed by atoms with Crippen LogP contribution in [0.3, 0.4) is 0 Å². The van der Waals surface area contributed by atoms with Crippen LogP contribution >= 0.6 is 0 Å². The number of carbonyl (C=O) groups is 5. The van der Waals surface area contributed by atoms with Gasteiger partial charge in [0.25, 0.3) is 0 Å². The summed E-state index contributed by atoms with van der Waals surface area (Å²) in [4.78, 5) is 59.8. The molecule has 0 aromatic heterocycles. The van der Waals surface area contributed by atoms with Gasteiger partial charge in [0, 0.05) is 12.8 Å². The molecule has 1 aromatic rings. The summed E-state index contributed by atoms with van der Waals surface area (Å²) in [5, 5.41) is 44.0. The summed E-state index contributed by atoms with van der Waals surface area (Å²) < 4.78 is 0. The minimum Gasteiger partial charge on any atom is -0.508 e. The number of aliphatic hydroxyl groups excluding tert-OH is 1. The average Bonchev–Trinajstić information content (AvgIpc) is 2.76. The number of aliphatic hydroxyl groups is 1. The molecule has 0 saturated carbocycles. The largest absolute Gasteiger partial charge is 0.508 e. The van der Waals surface area contributed by atoms with Crippen LogP contribution in [-0.2, 0) is 30.4 Å². The minimum atomic E-state index is -1.41. The van der Waals surface area contributed by atoms with E-state index < -0.39 is 66.4 Å². The Kier molecular flexibility index (Phi) is 10.9. The Morgan fingerprint density at radius 1 is 0.882 bits per heavy atom. The molecule has 13 nitrogen and oxygen atoms in total. The second kappa shape index (κ2) is 13.1. The van der Waals surface area contributed by atoms with E-state index in [1.54, 1.807) is 0 Å². The molecule has 3 amide bonds. The first-order valence-corrected chi connectivity index (χ1v) is 10.4. The van der Waals surface area contributed by atoms with Crippen LogP contribution in [0.15, 0.2) is 24.3 Å². The maximum absolute atomic E-state index is 12.7. The van der Waals surface area contributed by atoms with Crippen molar-refractivity contribution in [2.24, 2.45) is 5.73 Å². The standard InChI is InChI=1S/C21H30N4O9/c1-10(23-20(32)17(22)11(2)26)18(30)24-14(7-8-16(28)29)19(31)25-15(21(33)34)9-12-3-5-13(27)6-4-12/h3-6,10-11,14-15,17,26-27H,7-9,22H2,1-2H3,(H,23,32)(H,24,30)(H,25,31)(H,28,29)(H,33,34). The lowest BCUT2D eigenvalue weighted by molar-refractivity contribution is -0.143. The predicted molar refractivity (Wildman–Crippen MR) is 117 cm³/mol. The third kappa shape index (κ3) is 9.42. The lowest BCUT2D eigenvalue weighted by Gasteiger charge is -2.24. The lowest BCUT2D eigenvalue weighted by atomic mass is 10.0. The van der Waals surface area contributed by atoms with Crippen molar-refractivity contribution >= 4 is 29.7 Å². The van der Waals surface area contributed by atoms with Crippen LogP contribution in [0.4, 0.5) is 0 Å². The summed E-state index contributed by atoms with van der Waals surface area (Å²) >= 11 is 0. The van der Waals surface area contributed by atoms with E-state index in [0.29, 0.717) is 5.56 Å². The number of nitrogens with one attached hydrogen (secondary N) is 3. The Morgan fingerprint density at radius 3 is 1.94 bits per heavy atom. The smallest absolute Gasteiger partial charge is 0.326 e. The number of phenols is 1. The zero-order valence-electron chi connectivity index (χ0n) is 18.7. The van der Waals surface area contributed by atoms with Crippen molar-refractivity contribution in [2.75, 3.05) is 0 Å². The molecule has 5 unspecified atom stereocenters. The summed E-state index contributed by atoms with van der Waals surface area (Å²) in [6, 6.07) is 0.364. The van der Waals surface area contributed by atoms with Gasteiger partial charge in [0.15, 0.2) is 0 Å². The van der Waals surface area contributed by atoms with Gasteiger partial charge in [0.1, 0.15) is 29.9 Å². The molecule has 5 atom stereocenters. The van der Waals surface area contributed by atoms with Gasteiger partial charge in [0.2, 0.25) is 17.7 Å². The van der Waals surface area contributed by atoms with E-state index in [9.17, 15) is 39.3 Å². The van der Waals surface area contributed by atoms with Crippen LogP contribution in [0, 0.1) is 0 Å².